The molecule has 2 nitrogen and oxygen atoms in total. The Morgan fingerprint density at radius 2 is 0.702 bits per heavy atom. The molecule has 0 radical (unpaired) electrons. The number of anilines is 4. The van der Waals surface area contributed by atoms with Crippen LogP contribution in [0, 0.1) is 20.8 Å². The second-order valence-corrected chi connectivity index (χ2v) is 12.3. The van der Waals surface area contributed by atoms with E-state index in [9.17, 15) is 0 Å². The molecule has 47 heavy (non-hydrogen) atoms. The molecule has 0 spiro atoms. The molecular weight excluding hydrogens is 569 g/mol. The number of nitrogens with zero attached hydrogens (tertiary/aromatic N) is 2. The van der Waals surface area contributed by atoms with Crippen LogP contribution in [0.3, 0.4) is 0 Å². The van der Waals surface area contributed by atoms with E-state index < -0.39 is 0 Å². The van der Waals surface area contributed by atoms with Gasteiger partial charge in [-0.25, -0.2) is 0 Å². The molecule has 238 valence electrons. The lowest BCUT2D eigenvalue weighted by Crippen LogP contribution is -2.30. The van der Waals surface area contributed by atoms with Gasteiger partial charge in [0.05, 0.1) is 0 Å². The van der Waals surface area contributed by atoms with E-state index >= 15 is 0 Å². The van der Waals surface area contributed by atoms with Gasteiger partial charge in [-0.3, -0.25) is 0 Å². The van der Waals surface area contributed by atoms with Crippen LogP contribution in [0.5, 0.6) is 0 Å². The summed E-state index contributed by atoms with van der Waals surface area (Å²) in [4.78, 5) is 4.77. The van der Waals surface area contributed by atoms with E-state index in [4.69, 9.17) is 0 Å². The number of hydrogen-bond donors (Lipinski definition) is 0. The van der Waals surface area contributed by atoms with Crippen LogP contribution in [0.4, 0.5) is 22.7 Å². The van der Waals surface area contributed by atoms with Gasteiger partial charge in [0, 0.05) is 35.8 Å². The minimum absolute atomic E-state index is 0.872. The molecule has 6 aromatic carbocycles. The van der Waals surface area contributed by atoms with Gasteiger partial charge in [0.1, 0.15) is 0 Å². The Kier molecular flexibility index (Phi) is 12.4. The van der Waals surface area contributed by atoms with Crippen LogP contribution >= 0.6 is 0 Å². The molecule has 0 unspecified atom stereocenters. The maximum atomic E-state index is 2.39. The highest BCUT2D eigenvalue weighted by Crippen LogP contribution is 2.36. The third-order valence-corrected chi connectivity index (χ3v) is 8.69. The van der Waals surface area contributed by atoms with Crippen LogP contribution in [-0.4, -0.2) is 13.1 Å². The van der Waals surface area contributed by atoms with Crippen LogP contribution in [-0.2, 0) is 0 Å². The molecule has 2 heteroatoms. The van der Waals surface area contributed by atoms with Gasteiger partial charge >= 0.3 is 0 Å². The molecule has 0 N–H and O–H groups in total. The van der Waals surface area contributed by atoms with E-state index in [1.807, 2.05) is 18.2 Å². The van der Waals surface area contributed by atoms with Gasteiger partial charge in [0.2, 0.25) is 0 Å². The number of benzene rings is 6. The Hall–Kier alpha value is -5.08. The molecule has 0 saturated heterocycles. The minimum Gasteiger partial charge on any atom is -0.340 e. The maximum absolute atomic E-state index is 2.39. The summed E-state index contributed by atoms with van der Waals surface area (Å²) in [6.07, 6.45) is 4.24. The first-order valence-electron chi connectivity index (χ1n) is 16.9. The largest absolute Gasteiger partial charge is 0.340 e. The summed E-state index contributed by atoms with van der Waals surface area (Å²) in [5.74, 6) is 0.885. The second-order valence-electron chi connectivity index (χ2n) is 12.3. The monoisotopic (exact) mass is 616 g/mol. The molecule has 0 heterocycles. The van der Waals surface area contributed by atoms with E-state index in [1.165, 1.54) is 58.7 Å². The fourth-order valence-electron chi connectivity index (χ4n) is 5.68. The highest BCUT2D eigenvalue weighted by molar-refractivity contribution is 5.66. The first kappa shape index (κ1) is 33.3. The molecule has 6 aromatic rings. The fourth-order valence-corrected chi connectivity index (χ4v) is 5.68. The molecule has 1 aliphatic rings. The van der Waals surface area contributed by atoms with Gasteiger partial charge in [-0.1, -0.05) is 144 Å². The van der Waals surface area contributed by atoms with Gasteiger partial charge in [0.15, 0.2) is 0 Å². The summed E-state index contributed by atoms with van der Waals surface area (Å²) < 4.78 is 0. The smallest absolute Gasteiger partial charge is 0.0411 e. The van der Waals surface area contributed by atoms with E-state index in [-0.39, 0.29) is 0 Å². The summed E-state index contributed by atoms with van der Waals surface area (Å²) in [5, 5.41) is 0. The summed E-state index contributed by atoms with van der Waals surface area (Å²) in [6, 6.07) is 59.8. The molecule has 0 atom stereocenters. The number of para-hydroxylation sites is 3. The van der Waals surface area contributed by atoms with Gasteiger partial charge < -0.3 is 9.80 Å². The molecule has 1 aliphatic carbocycles. The van der Waals surface area contributed by atoms with E-state index in [0.29, 0.717) is 0 Å². The van der Waals surface area contributed by atoms with Gasteiger partial charge in [-0.15, -0.1) is 0 Å². The Labute approximate surface area is 283 Å². The Morgan fingerprint density at radius 3 is 1.02 bits per heavy atom. The molecule has 0 aliphatic heterocycles. The lowest BCUT2D eigenvalue weighted by Gasteiger charge is -2.31. The van der Waals surface area contributed by atoms with Crippen molar-refractivity contribution in [2.45, 2.75) is 46.0 Å². The molecule has 0 bridgehead atoms. The zero-order chi connectivity index (χ0) is 32.7. The Morgan fingerprint density at radius 1 is 0.383 bits per heavy atom. The Bertz CT molecular complexity index is 1660. The van der Waals surface area contributed by atoms with Crippen molar-refractivity contribution in [2.75, 3.05) is 22.9 Å². The number of hydrogen-bond acceptors (Lipinski definition) is 2. The number of rotatable bonds is 8. The molecular formula is C45H48N2. The predicted octanol–water partition coefficient (Wildman–Crippen LogP) is 12.2. The fraction of sp³-hybridized carbons (Fsp3) is 0.200. The summed E-state index contributed by atoms with van der Waals surface area (Å²) in [7, 11) is 0. The van der Waals surface area contributed by atoms with Crippen molar-refractivity contribution in [1.82, 2.24) is 0 Å². The molecule has 1 fully saturated rings. The van der Waals surface area contributed by atoms with Crippen molar-refractivity contribution in [1.29, 1.82) is 0 Å². The third kappa shape index (κ3) is 10.2. The minimum atomic E-state index is 0.872. The quantitative estimate of drug-likeness (QED) is 0.168. The van der Waals surface area contributed by atoms with E-state index in [1.54, 1.807) is 5.56 Å². The summed E-state index contributed by atoms with van der Waals surface area (Å²) in [5.41, 5.74) is 10.3. The van der Waals surface area contributed by atoms with Gasteiger partial charge in [-0.2, -0.15) is 0 Å². The lowest BCUT2D eigenvalue weighted by molar-refractivity contribution is 0.420. The molecule has 1 saturated carbocycles. The first-order valence-corrected chi connectivity index (χ1v) is 16.9. The van der Waals surface area contributed by atoms with Crippen molar-refractivity contribution in [3.63, 3.8) is 0 Å². The zero-order valence-electron chi connectivity index (χ0n) is 28.2. The predicted molar refractivity (Wildman–Crippen MR) is 203 cm³/mol. The van der Waals surface area contributed by atoms with Crippen molar-refractivity contribution in [3.05, 3.63) is 192 Å². The van der Waals surface area contributed by atoms with Crippen LogP contribution in [0.25, 0.3) is 0 Å². The topological polar surface area (TPSA) is 6.48 Å². The van der Waals surface area contributed by atoms with Gasteiger partial charge in [0.25, 0.3) is 0 Å². The highest BCUT2D eigenvalue weighted by atomic mass is 15.2. The highest BCUT2D eigenvalue weighted by Gasteiger charge is 2.18. The van der Waals surface area contributed by atoms with Crippen molar-refractivity contribution in [3.8, 4) is 0 Å². The Balaban J connectivity index is 0.000000194. The SMILES string of the molecule is Cc1ccc(C2CCC2)cc1.Cc1ccc(N(CCN(c2ccccc2)c2ccccc2)c2ccccc2)cc1.Cc1ccccc1. The lowest BCUT2D eigenvalue weighted by atomic mass is 9.80. The summed E-state index contributed by atoms with van der Waals surface area (Å²) in [6.45, 7) is 8.10. The van der Waals surface area contributed by atoms with Crippen LogP contribution in [0.1, 0.15) is 47.4 Å². The second kappa shape index (κ2) is 17.6. The van der Waals surface area contributed by atoms with E-state index in [2.05, 4.69) is 182 Å². The summed E-state index contributed by atoms with van der Waals surface area (Å²) >= 11 is 0. The average molecular weight is 617 g/mol. The van der Waals surface area contributed by atoms with Gasteiger partial charge in [-0.05, 0) is 93.6 Å². The van der Waals surface area contributed by atoms with E-state index in [0.717, 1.165) is 19.0 Å². The maximum Gasteiger partial charge on any atom is 0.0411 e. The average Bonchev–Trinajstić information content (AvgIpc) is 3.10. The molecule has 0 amide bonds. The van der Waals surface area contributed by atoms with Crippen molar-refractivity contribution < 1.29 is 0 Å². The third-order valence-electron chi connectivity index (χ3n) is 8.69. The standard InChI is InChI=1S/C27H26N2.C11H14.C7H8/c1-23-17-19-27(20-18-23)29(26-15-9-4-10-16-26)22-21-28(24-11-5-2-6-12-24)25-13-7-3-8-14-25;1-9-5-7-11(8-6-9)10-3-2-4-10;1-7-5-3-2-4-6-7/h2-20H,21-22H2,1H3;5-8,10H,2-4H2,1H3;2-6H,1H3. The number of aryl methyl sites for hydroxylation is 3. The van der Waals surface area contributed by atoms with Crippen LogP contribution in [0.2, 0.25) is 0 Å². The van der Waals surface area contributed by atoms with Crippen LogP contribution in [0.15, 0.2) is 170 Å². The van der Waals surface area contributed by atoms with Crippen LogP contribution < -0.4 is 9.80 Å². The van der Waals surface area contributed by atoms with Crippen molar-refractivity contribution >= 4 is 22.7 Å². The molecule has 7 rings (SSSR count). The zero-order valence-corrected chi connectivity index (χ0v) is 28.2. The molecule has 0 aromatic heterocycles. The normalized spacial score (nSPS) is 12.0. The van der Waals surface area contributed by atoms with Crippen molar-refractivity contribution in [2.24, 2.45) is 0 Å². The first-order chi connectivity index (χ1) is 23.1.